The van der Waals surface area contributed by atoms with Crippen molar-refractivity contribution in [3.8, 4) is 0 Å². The highest BCUT2D eigenvalue weighted by molar-refractivity contribution is 5.75. The second-order valence-electron chi connectivity index (χ2n) is 5.54. The average molecular weight is 287 g/mol. The number of carboxylic acids is 1. The standard InChI is InChI=1S/C16H17NO4/c18-15(19)13-11-6-7-12(8-11)14(13)17-16(20)21-9-10-4-2-1-3-5-10/h1-7,11-14H,8-9H2,(H,17,20)(H,18,19)/t11-,12+,13+,14-/m0/s1. The normalized spacial score (nSPS) is 29.3. The molecule has 1 aromatic rings. The van der Waals surface area contributed by atoms with Crippen LogP contribution in [0.1, 0.15) is 12.0 Å². The van der Waals surface area contributed by atoms with Crippen LogP contribution in [0.25, 0.3) is 0 Å². The number of alkyl carbamates (subject to hydrolysis) is 1. The molecular formula is C16H17NO4. The number of carbonyl (C=O) groups is 2. The molecule has 21 heavy (non-hydrogen) atoms. The van der Waals surface area contributed by atoms with Crippen LogP contribution in [0.3, 0.4) is 0 Å². The molecule has 2 aliphatic carbocycles. The molecule has 4 atom stereocenters. The van der Waals surface area contributed by atoms with Gasteiger partial charge in [-0.15, -0.1) is 0 Å². The van der Waals surface area contributed by atoms with Crippen molar-refractivity contribution in [3.05, 3.63) is 48.0 Å². The summed E-state index contributed by atoms with van der Waals surface area (Å²) < 4.78 is 5.16. The van der Waals surface area contributed by atoms with Gasteiger partial charge in [-0.3, -0.25) is 4.79 Å². The number of rotatable bonds is 4. The number of allylic oxidation sites excluding steroid dienone is 1. The maximum Gasteiger partial charge on any atom is 0.407 e. The fourth-order valence-corrected chi connectivity index (χ4v) is 3.26. The molecule has 1 amide bonds. The predicted octanol–water partition coefficient (Wildman–Crippen LogP) is 2.19. The third-order valence-electron chi connectivity index (χ3n) is 4.24. The van der Waals surface area contributed by atoms with Crippen molar-refractivity contribution in [3.63, 3.8) is 0 Å². The largest absolute Gasteiger partial charge is 0.481 e. The fourth-order valence-electron chi connectivity index (χ4n) is 3.26. The molecule has 2 aliphatic rings. The van der Waals surface area contributed by atoms with Gasteiger partial charge in [0.25, 0.3) is 0 Å². The van der Waals surface area contributed by atoms with Crippen molar-refractivity contribution < 1.29 is 19.4 Å². The highest BCUT2D eigenvalue weighted by atomic mass is 16.5. The summed E-state index contributed by atoms with van der Waals surface area (Å²) >= 11 is 0. The van der Waals surface area contributed by atoms with Crippen LogP contribution < -0.4 is 5.32 Å². The van der Waals surface area contributed by atoms with Crippen molar-refractivity contribution in [2.75, 3.05) is 0 Å². The number of hydrogen-bond donors (Lipinski definition) is 2. The van der Waals surface area contributed by atoms with E-state index in [-0.39, 0.29) is 24.5 Å². The van der Waals surface area contributed by atoms with Crippen LogP contribution in [0.5, 0.6) is 0 Å². The Labute approximate surface area is 122 Å². The van der Waals surface area contributed by atoms with Gasteiger partial charge < -0.3 is 15.2 Å². The van der Waals surface area contributed by atoms with E-state index >= 15 is 0 Å². The molecule has 2 N–H and O–H groups in total. The van der Waals surface area contributed by atoms with Crippen molar-refractivity contribution >= 4 is 12.1 Å². The molecule has 0 aliphatic heterocycles. The van der Waals surface area contributed by atoms with Gasteiger partial charge in [-0.05, 0) is 23.8 Å². The Morgan fingerprint density at radius 1 is 1.19 bits per heavy atom. The van der Waals surface area contributed by atoms with Gasteiger partial charge in [0.1, 0.15) is 6.61 Å². The first kappa shape index (κ1) is 13.7. The summed E-state index contributed by atoms with van der Waals surface area (Å²) in [6, 6.07) is 9.00. The molecule has 0 radical (unpaired) electrons. The van der Waals surface area contributed by atoms with E-state index in [0.717, 1.165) is 12.0 Å². The lowest BCUT2D eigenvalue weighted by atomic mass is 9.89. The molecule has 5 heteroatoms. The molecule has 110 valence electrons. The first-order valence-electron chi connectivity index (χ1n) is 7.03. The lowest BCUT2D eigenvalue weighted by Crippen LogP contribution is -2.45. The molecule has 1 aromatic carbocycles. The molecule has 0 aromatic heterocycles. The number of aliphatic carboxylic acids is 1. The summed E-state index contributed by atoms with van der Waals surface area (Å²) in [5, 5.41) is 12.0. The predicted molar refractivity (Wildman–Crippen MR) is 75.4 cm³/mol. The Balaban J connectivity index is 1.57. The van der Waals surface area contributed by atoms with Crippen molar-refractivity contribution in [1.29, 1.82) is 0 Å². The third-order valence-corrected chi connectivity index (χ3v) is 4.24. The van der Waals surface area contributed by atoms with E-state index in [4.69, 9.17) is 4.74 Å². The lowest BCUT2D eigenvalue weighted by Gasteiger charge is -2.25. The zero-order chi connectivity index (χ0) is 14.8. The minimum atomic E-state index is -0.861. The number of ether oxygens (including phenoxy) is 1. The number of hydrogen-bond acceptors (Lipinski definition) is 3. The second kappa shape index (κ2) is 5.60. The number of carbonyl (C=O) groups excluding carboxylic acids is 1. The van der Waals surface area contributed by atoms with Gasteiger partial charge in [-0.25, -0.2) is 4.79 Å². The summed E-state index contributed by atoms with van der Waals surface area (Å²) in [7, 11) is 0. The fraction of sp³-hybridized carbons (Fsp3) is 0.375. The molecule has 1 saturated carbocycles. The molecule has 0 spiro atoms. The Morgan fingerprint density at radius 2 is 1.90 bits per heavy atom. The Morgan fingerprint density at radius 3 is 2.62 bits per heavy atom. The zero-order valence-corrected chi connectivity index (χ0v) is 11.4. The highest BCUT2D eigenvalue weighted by Gasteiger charge is 2.49. The van der Waals surface area contributed by atoms with E-state index in [2.05, 4.69) is 5.32 Å². The minimum Gasteiger partial charge on any atom is -0.481 e. The quantitative estimate of drug-likeness (QED) is 0.832. The third kappa shape index (κ3) is 2.77. The molecule has 1 fully saturated rings. The first-order valence-corrected chi connectivity index (χ1v) is 7.03. The number of amides is 1. The zero-order valence-electron chi connectivity index (χ0n) is 11.4. The Kier molecular flexibility index (Phi) is 3.64. The van der Waals surface area contributed by atoms with Gasteiger partial charge in [-0.2, -0.15) is 0 Å². The van der Waals surface area contributed by atoms with E-state index in [1.54, 1.807) is 0 Å². The molecule has 5 nitrogen and oxygen atoms in total. The average Bonchev–Trinajstić information content (AvgIpc) is 3.07. The van der Waals surface area contributed by atoms with E-state index in [1.165, 1.54) is 0 Å². The molecule has 0 unspecified atom stereocenters. The Hall–Kier alpha value is -2.30. The van der Waals surface area contributed by atoms with Crippen molar-refractivity contribution in [2.45, 2.75) is 19.1 Å². The lowest BCUT2D eigenvalue weighted by molar-refractivity contribution is -0.143. The highest BCUT2D eigenvalue weighted by Crippen LogP contribution is 2.43. The number of benzene rings is 1. The summed E-state index contributed by atoms with van der Waals surface area (Å²) in [5.41, 5.74) is 0.898. The minimum absolute atomic E-state index is 0.0203. The smallest absolute Gasteiger partial charge is 0.407 e. The van der Waals surface area contributed by atoms with E-state index in [9.17, 15) is 14.7 Å². The van der Waals surface area contributed by atoms with Crippen LogP contribution in [-0.2, 0) is 16.1 Å². The van der Waals surface area contributed by atoms with Crippen LogP contribution in [-0.4, -0.2) is 23.2 Å². The van der Waals surface area contributed by atoms with Crippen LogP contribution in [0.2, 0.25) is 0 Å². The van der Waals surface area contributed by atoms with Gasteiger partial charge in [0.2, 0.25) is 0 Å². The van der Waals surface area contributed by atoms with Gasteiger partial charge in [0.05, 0.1) is 12.0 Å². The molecule has 0 saturated heterocycles. The van der Waals surface area contributed by atoms with Crippen LogP contribution in [0.15, 0.2) is 42.5 Å². The van der Waals surface area contributed by atoms with Crippen LogP contribution >= 0.6 is 0 Å². The summed E-state index contributed by atoms with van der Waals surface area (Å²) in [6.07, 6.45) is 4.17. The SMILES string of the molecule is O=C(N[C@@H]1[C@H](C(=O)O)[C@H]2C=C[C@@H]1C2)OCc1ccccc1. The Bertz CT molecular complexity index is 569. The van der Waals surface area contributed by atoms with E-state index in [0.29, 0.717) is 0 Å². The summed E-state index contributed by atoms with van der Waals surface area (Å²) in [5.74, 6) is -1.29. The van der Waals surface area contributed by atoms with Gasteiger partial charge in [-0.1, -0.05) is 42.5 Å². The summed E-state index contributed by atoms with van der Waals surface area (Å²) in [4.78, 5) is 23.2. The summed E-state index contributed by atoms with van der Waals surface area (Å²) in [6.45, 7) is 0.182. The van der Waals surface area contributed by atoms with Crippen molar-refractivity contribution in [2.24, 2.45) is 17.8 Å². The molecule has 3 rings (SSSR count). The van der Waals surface area contributed by atoms with E-state index < -0.39 is 18.0 Å². The van der Waals surface area contributed by atoms with Crippen LogP contribution in [0.4, 0.5) is 4.79 Å². The van der Waals surface area contributed by atoms with Gasteiger partial charge >= 0.3 is 12.1 Å². The molecule has 2 bridgehead atoms. The second-order valence-corrected chi connectivity index (χ2v) is 5.54. The number of carboxylic acid groups (broad SMARTS) is 1. The number of fused-ring (bicyclic) bond motifs is 2. The maximum atomic E-state index is 11.9. The topological polar surface area (TPSA) is 75.6 Å². The van der Waals surface area contributed by atoms with Crippen molar-refractivity contribution in [1.82, 2.24) is 5.32 Å². The maximum absolute atomic E-state index is 11.9. The first-order chi connectivity index (χ1) is 10.1. The molecular weight excluding hydrogens is 270 g/mol. The van der Waals surface area contributed by atoms with Gasteiger partial charge in [0.15, 0.2) is 0 Å². The number of nitrogens with one attached hydrogen (secondary N) is 1. The van der Waals surface area contributed by atoms with Crippen LogP contribution in [0, 0.1) is 17.8 Å². The molecule has 0 heterocycles. The van der Waals surface area contributed by atoms with E-state index in [1.807, 2.05) is 42.5 Å². The van der Waals surface area contributed by atoms with Gasteiger partial charge in [0, 0.05) is 0 Å². The monoisotopic (exact) mass is 287 g/mol.